The molecule has 1 aliphatic rings. The Labute approximate surface area is 150 Å². The van der Waals surface area contributed by atoms with Crippen molar-refractivity contribution in [1.82, 2.24) is 10.3 Å². The summed E-state index contributed by atoms with van der Waals surface area (Å²) in [5.74, 6) is -0.240. The predicted molar refractivity (Wildman–Crippen MR) is 99.2 cm³/mol. The maximum Gasteiger partial charge on any atom is 0.269 e. The molecule has 132 valence electrons. The summed E-state index contributed by atoms with van der Waals surface area (Å²) in [6.07, 6.45) is 4.67. The molecule has 1 aliphatic carbocycles. The largest absolute Gasteiger partial charge is 0.358 e. The number of hydrogen-bond acceptors (Lipinski definition) is 3. The molecule has 2 aromatic carbocycles. The highest BCUT2D eigenvalue weighted by Gasteiger charge is 2.15. The molecule has 0 saturated carbocycles. The Morgan fingerprint density at radius 2 is 1.88 bits per heavy atom. The van der Waals surface area contributed by atoms with Crippen molar-refractivity contribution in [2.75, 3.05) is 0 Å². The van der Waals surface area contributed by atoms with Gasteiger partial charge in [0.1, 0.15) is 0 Å². The molecule has 0 radical (unpaired) electrons. The van der Waals surface area contributed by atoms with Crippen molar-refractivity contribution >= 4 is 22.5 Å². The van der Waals surface area contributed by atoms with Crippen LogP contribution in [0.5, 0.6) is 0 Å². The van der Waals surface area contributed by atoms with Crippen LogP contribution in [-0.2, 0) is 19.4 Å². The molecule has 1 heterocycles. The first-order chi connectivity index (χ1) is 12.6. The number of non-ortho nitro benzene ring substituents is 1. The highest BCUT2D eigenvalue weighted by atomic mass is 16.6. The van der Waals surface area contributed by atoms with E-state index in [-0.39, 0.29) is 11.6 Å². The van der Waals surface area contributed by atoms with Crippen molar-refractivity contribution in [3.8, 4) is 0 Å². The lowest BCUT2D eigenvalue weighted by Gasteiger charge is -2.10. The molecule has 26 heavy (non-hydrogen) atoms. The monoisotopic (exact) mass is 349 g/mol. The minimum Gasteiger partial charge on any atom is -0.358 e. The zero-order chi connectivity index (χ0) is 18.1. The minimum atomic E-state index is -0.478. The number of fused-ring (bicyclic) bond motifs is 3. The third kappa shape index (κ3) is 3.06. The van der Waals surface area contributed by atoms with Gasteiger partial charge < -0.3 is 10.3 Å². The van der Waals surface area contributed by atoms with E-state index in [1.54, 1.807) is 0 Å². The van der Waals surface area contributed by atoms with Gasteiger partial charge >= 0.3 is 0 Å². The van der Waals surface area contributed by atoms with E-state index in [0.29, 0.717) is 12.1 Å². The van der Waals surface area contributed by atoms with Crippen LogP contribution in [0.25, 0.3) is 10.9 Å². The van der Waals surface area contributed by atoms with Gasteiger partial charge in [-0.3, -0.25) is 14.9 Å². The van der Waals surface area contributed by atoms with Crippen LogP contribution in [0, 0.1) is 10.1 Å². The zero-order valence-corrected chi connectivity index (χ0v) is 14.2. The Hall–Kier alpha value is -3.15. The quantitative estimate of drug-likeness (QED) is 0.553. The number of H-pyrrole nitrogens is 1. The minimum absolute atomic E-state index is 0.0239. The van der Waals surface area contributed by atoms with E-state index in [4.69, 9.17) is 0 Å². The van der Waals surface area contributed by atoms with Crippen molar-refractivity contribution in [1.29, 1.82) is 0 Å². The van der Waals surface area contributed by atoms with E-state index in [1.165, 1.54) is 53.8 Å². The molecule has 0 unspecified atom stereocenters. The van der Waals surface area contributed by atoms with Crippen molar-refractivity contribution < 1.29 is 9.72 Å². The van der Waals surface area contributed by atoms with E-state index < -0.39 is 4.92 Å². The number of carbonyl (C=O) groups excluding carboxylic acids is 1. The number of aromatic nitrogens is 1. The number of nitro groups is 1. The fourth-order valence-electron chi connectivity index (χ4n) is 3.58. The molecule has 0 fully saturated rings. The van der Waals surface area contributed by atoms with Gasteiger partial charge in [0.05, 0.1) is 4.92 Å². The standard InChI is InChI=1S/C20H19N3O3/c24-20(14-6-8-15(9-7-14)23(25)26)21-12-13-5-10-19-17(11-13)16-3-1-2-4-18(16)22-19/h5-11,22H,1-4,12H2,(H,21,24). The average Bonchev–Trinajstić information content (AvgIpc) is 3.04. The molecule has 1 aromatic heterocycles. The molecule has 0 spiro atoms. The smallest absolute Gasteiger partial charge is 0.269 e. The molecule has 0 aliphatic heterocycles. The van der Waals surface area contributed by atoms with Gasteiger partial charge in [0.15, 0.2) is 0 Å². The number of nitro benzene ring substituents is 1. The normalized spacial score (nSPS) is 13.4. The number of aromatic amines is 1. The summed E-state index contributed by atoms with van der Waals surface area (Å²) in [6.45, 7) is 0.422. The van der Waals surface area contributed by atoms with Crippen molar-refractivity contribution in [3.05, 3.63) is 75.0 Å². The number of rotatable bonds is 4. The summed E-state index contributed by atoms with van der Waals surface area (Å²) >= 11 is 0. The van der Waals surface area contributed by atoms with E-state index in [9.17, 15) is 14.9 Å². The first-order valence-corrected chi connectivity index (χ1v) is 8.77. The van der Waals surface area contributed by atoms with E-state index in [2.05, 4.69) is 22.4 Å². The lowest BCUT2D eigenvalue weighted by Crippen LogP contribution is -2.22. The number of nitrogens with zero attached hydrogens (tertiary/aromatic N) is 1. The van der Waals surface area contributed by atoms with Gasteiger partial charge in [-0.15, -0.1) is 0 Å². The fraction of sp³-hybridized carbons (Fsp3) is 0.250. The van der Waals surface area contributed by atoms with Crippen LogP contribution in [0.4, 0.5) is 5.69 Å². The van der Waals surface area contributed by atoms with Crippen LogP contribution in [-0.4, -0.2) is 15.8 Å². The first-order valence-electron chi connectivity index (χ1n) is 8.77. The number of nitrogens with one attached hydrogen (secondary N) is 2. The third-order valence-corrected chi connectivity index (χ3v) is 4.96. The van der Waals surface area contributed by atoms with Crippen LogP contribution in [0.2, 0.25) is 0 Å². The molecule has 4 rings (SSSR count). The molecule has 3 aromatic rings. The Morgan fingerprint density at radius 1 is 1.12 bits per heavy atom. The van der Waals surface area contributed by atoms with Gasteiger partial charge in [-0.1, -0.05) is 6.07 Å². The second kappa shape index (κ2) is 6.63. The first kappa shape index (κ1) is 16.3. The van der Waals surface area contributed by atoms with Crippen molar-refractivity contribution in [2.45, 2.75) is 32.2 Å². The number of carbonyl (C=O) groups is 1. The molecule has 0 saturated heterocycles. The molecule has 0 bridgehead atoms. The Kier molecular flexibility index (Phi) is 4.16. The molecule has 6 nitrogen and oxygen atoms in total. The van der Waals surface area contributed by atoms with Gasteiger partial charge in [-0.25, -0.2) is 0 Å². The van der Waals surface area contributed by atoms with Crippen molar-refractivity contribution in [3.63, 3.8) is 0 Å². The van der Waals surface area contributed by atoms with Crippen molar-refractivity contribution in [2.24, 2.45) is 0 Å². The molecular formula is C20H19N3O3. The number of hydrogen-bond donors (Lipinski definition) is 2. The van der Waals surface area contributed by atoms with E-state index in [1.807, 2.05) is 6.07 Å². The molecule has 0 atom stereocenters. The Bertz CT molecular complexity index is 989. The van der Waals surface area contributed by atoms with E-state index in [0.717, 1.165) is 23.9 Å². The SMILES string of the molecule is O=C(NCc1ccc2[nH]c3c(c2c1)CCCC3)c1ccc([N+](=O)[O-])cc1. The summed E-state index contributed by atoms with van der Waals surface area (Å²) in [5, 5.41) is 14.8. The zero-order valence-electron chi connectivity index (χ0n) is 14.2. The van der Waals surface area contributed by atoms with Crippen LogP contribution < -0.4 is 5.32 Å². The van der Waals surface area contributed by atoms with Crippen LogP contribution >= 0.6 is 0 Å². The van der Waals surface area contributed by atoms with Crippen LogP contribution in [0.1, 0.15) is 40.0 Å². The van der Waals surface area contributed by atoms with Crippen LogP contribution in [0.3, 0.4) is 0 Å². The van der Waals surface area contributed by atoms with Crippen LogP contribution in [0.15, 0.2) is 42.5 Å². The summed E-state index contributed by atoms with van der Waals surface area (Å²) in [7, 11) is 0. The second-order valence-corrected chi connectivity index (χ2v) is 6.66. The van der Waals surface area contributed by atoms with E-state index >= 15 is 0 Å². The number of aryl methyl sites for hydroxylation is 2. The third-order valence-electron chi connectivity index (χ3n) is 4.96. The molecule has 6 heteroatoms. The molecule has 1 amide bonds. The Balaban J connectivity index is 1.48. The molecule has 2 N–H and O–H groups in total. The fourth-order valence-corrected chi connectivity index (χ4v) is 3.58. The summed E-state index contributed by atoms with van der Waals surface area (Å²) in [6, 6.07) is 11.9. The molecular weight excluding hydrogens is 330 g/mol. The Morgan fingerprint density at radius 3 is 2.65 bits per heavy atom. The van der Waals surface area contributed by atoms with Gasteiger partial charge in [-0.05, 0) is 61.1 Å². The number of amides is 1. The second-order valence-electron chi connectivity index (χ2n) is 6.66. The maximum absolute atomic E-state index is 12.3. The highest BCUT2D eigenvalue weighted by molar-refractivity contribution is 5.94. The maximum atomic E-state index is 12.3. The predicted octanol–water partition coefficient (Wildman–Crippen LogP) is 3.88. The lowest BCUT2D eigenvalue weighted by molar-refractivity contribution is -0.384. The summed E-state index contributed by atoms with van der Waals surface area (Å²) in [4.78, 5) is 26.0. The topological polar surface area (TPSA) is 88.0 Å². The van der Waals surface area contributed by atoms with Gasteiger partial charge in [-0.2, -0.15) is 0 Å². The average molecular weight is 349 g/mol. The summed E-state index contributed by atoms with van der Waals surface area (Å²) < 4.78 is 0. The summed E-state index contributed by atoms with van der Waals surface area (Å²) in [5.41, 5.74) is 5.34. The van der Waals surface area contributed by atoms with Gasteiger partial charge in [0.2, 0.25) is 0 Å². The highest BCUT2D eigenvalue weighted by Crippen LogP contribution is 2.29. The number of benzene rings is 2. The van der Waals surface area contributed by atoms with Gasteiger partial charge in [0.25, 0.3) is 11.6 Å². The lowest BCUT2D eigenvalue weighted by atomic mass is 9.95. The van der Waals surface area contributed by atoms with Gasteiger partial charge in [0, 0.05) is 40.8 Å².